The van der Waals surface area contributed by atoms with Crippen molar-refractivity contribution in [3.8, 4) is 5.75 Å². The van der Waals surface area contributed by atoms with Gasteiger partial charge in [0, 0.05) is 0 Å². The SMILES string of the molecule is CCC(CC)C(CNCC(C)C)Cc1cccc(OC)c1. The average molecular weight is 291 g/mol. The molecule has 2 nitrogen and oxygen atoms in total. The van der Waals surface area contributed by atoms with E-state index in [1.807, 2.05) is 6.07 Å². The van der Waals surface area contributed by atoms with Crippen molar-refractivity contribution in [3.05, 3.63) is 29.8 Å². The van der Waals surface area contributed by atoms with Crippen LogP contribution in [0.3, 0.4) is 0 Å². The minimum Gasteiger partial charge on any atom is -0.497 e. The molecular formula is C19H33NO. The molecule has 1 aromatic carbocycles. The molecule has 120 valence electrons. The van der Waals surface area contributed by atoms with E-state index in [0.29, 0.717) is 11.8 Å². The normalized spacial score (nSPS) is 12.9. The summed E-state index contributed by atoms with van der Waals surface area (Å²) in [5.74, 6) is 3.16. The van der Waals surface area contributed by atoms with Crippen LogP contribution in [-0.4, -0.2) is 20.2 Å². The highest BCUT2D eigenvalue weighted by atomic mass is 16.5. The summed E-state index contributed by atoms with van der Waals surface area (Å²) in [5.41, 5.74) is 1.39. The molecule has 1 atom stereocenters. The fourth-order valence-corrected chi connectivity index (χ4v) is 3.02. The maximum Gasteiger partial charge on any atom is 0.119 e. The lowest BCUT2D eigenvalue weighted by Crippen LogP contribution is -2.31. The number of methoxy groups -OCH3 is 1. The molecule has 0 radical (unpaired) electrons. The molecule has 1 aromatic rings. The maximum atomic E-state index is 5.35. The van der Waals surface area contributed by atoms with Crippen molar-refractivity contribution in [2.24, 2.45) is 17.8 Å². The standard InChI is InChI=1S/C19H33NO/c1-6-17(7-2)18(14-20-13-15(3)4)11-16-9-8-10-19(12-16)21-5/h8-10,12,15,17-18,20H,6-7,11,13-14H2,1-5H3. The summed E-state index contributed by atoms with van der Waals surface area (Å²) < 4.78 is 5.35. The Labute approximate surface area is 131 Å². The fourth-order valence-electron chi connectivity index (χ4n) is 3.02. The first-order chi connectivity index (χ1) is 10.1. The molecule has 0 saturated heterocycles. The Bertz CT molecular complexity index is 385. The molecule has 0 spiro atoms. The Morgan fingerprint density at radius 3 is 2.33 bits per heavy atom. The van der Waals surface area contributed by atoms with Gasteiger partial charge in [-0.1, -0.05) is 52.7 Å². The summed E-state index contributed by atoms with van der Waals surface area (Å²) in [5, 5.41) is 3.65. The van der Waals surface area contributed by atoms with Crippen LogP contribution in [0.5, 0.6) is 5.75 Å². The van der Waals surface area contributed by atoms with E-state index in [1.54, 1.807) is 7.11 Å². The van der Waals surface area contributed by atoms with Crippen molar-refractivity contribution in [2.75, 3.05) is 20.2 Å². The molecule has 1 rings (SSSR count). The van der Waals surface area contributed by atoms with E-state index < -0.39 is 0 Å². The lowest BCUT2D eigenvalue weighted by atomic mass is 9.83. The predicted molar refractivity (Wildman–Crippen MR) is 92.0 cm³/mol. The largest absolute Gasteiger partial charge is 0.497 e. The molecule has 0 heterocycles. The third-order valence-corrected chi connectivity index (χ3v) is 4.31. The van der Waals surface area contributed by atoms with Crippen molar-refractivity contribution in [1.29, 1.82) is 0 Å². The van der Waals surface area contributed by atoms with Crippen LogP contribution in [0.25, 0.3) is 0 Å². The molecule has 0 aliphatic heterocycles. The minimum atomic E-state index is 0.700. The van der Waals surface area contributed by atoms with Gasteiger partial charge in [0.15, 0.2) is 0 Å². The van der Waals surface area contributed by atoms with Gasteiger partial charge in [-0.25, -0.2) is 0 Å². The van der Waals surface area contributed by atoms with E-state index in [9.17, 15) is 0 Å². The van der Waals surface area contributed by atoms with Crippen molar-refractivity contribution < 1.29 is 4.74 Å². The highest BCUT2D eigenvalue weighted by Gasteiger charge is 2.19. The van der Waals surface area contributed by atoms with Crippen molar-refractivity contribution in [1.82, 2.24) is 5.32 Å². The Morgan fingerprint density at radius 2 is 1.76 bits per heavy atom. The molecule has 0 aromatic heterocycles. The van der Waals surface area contributed by atoms with Crippen LogP contribution in [0, 0.1) is 17.8 Å². The third kappa shape index (κ3) is 6.52. The first kappa shape index (κ1) is 18.0. The first-order valence-electron chi connectivity index (χ1n) is 8.44. The van der Waals surface area contributed by atoms with E-state index in [2.05, 4.69) is 51.2 Å². The molecule has 2 heteroatoms. The molecule has 0 saturated carbocycles. The Hall–Kier alpha value is -1.02. The van der Waals surface area contributed by atoms with Gasteiger partial charge >= 0.3 is 0 Å². The number of hydrogen-bond acceptors (Lipinski definition) is 2. The highest BCUT2D eigenvalue weighted by Crippen LogP contribution is 2.25. The second-order valence-electron chi connectivity index (χ2n) is 6.44. The summed E-state index contributed by atoms with van der Waals surface area (Å²) in [6.45, 7) is 11.4. The topological polar surface area (TPSA) is 21.3 Å². The fraction of sp³-hybridized carbons (Fsp3) is 0.684. The highest BCUT2D eigenvalue weighted by molar-refractivity contribution is 5.28. The van der Waals surface area contributed by atoms with E-state index in [1.165, 1.54) is 18.4 Å². The van der Waals surface area contributed by atoms with Crippen molar-refractivity contribution in [3.63, 3.8) is 0 Å². The predicted octanol–water partition coefficient (Wildman–Crippen LogP) is 4.54. The van der Waals surface area contributed by atoms with E-state index >= 15 is 0 Å². The summed E-state index contributed by atoms with van der Waals surface area (Å²) in [6.07, 6.45) is 3.65. The zero-order chi connectivity index (χ0) is 15.7. The molecule has 0 aliphatic carbocycles. The Kier molecular flexibility index (Phi) is 8.44. The van der Waals surface area contributed by atoms with Gasteiger partial charge in [0.2, 0.25) is 0 Å². The minimum absolute atomic E-state index is 0.700. The molecule has 1 N–H and O–H groups in total. The second-order valence-corrected chi connectivity index (χ2v) is 6.44. The number of ether oxygens (including phenoxy) is 1. The van der Waals surface area contributed by atoms with Gasteiger partial charge in [-0.15, -0.1) is 0 Å². The molecule has 1 unspecified atom stereocenters. The average Bonchev–Trinajstić information content (AvgIpc) is 2.48. The van der Waals surface area contributed by atoms with Gasteiger partial charge in [-0.3, -0.25) is 0 Å². The third-order valence-electron chi connectivity index (χ3n) is 4.31. The van der Waals surface area contributed by atoms with E-state index in [4.69, 9.17) is 4.74 Å². The number of nitrogens with one attached hydrogen (secondary N) is 1. The van der Waals surface area contributed by atoms with Gasteiger partial charge in [-0.05, 0) is 55.0 Å². The Balaban J connectivity index is 2.70. The summed E-state index contributed by atoms with van der Waals surface area (Å²) >= 11 is 0. The summed E-state index contributed by atoms with van der Waals surface area (Å²) in [6, 6.07) is 8.52. The molecule has 0 fully saturated rings. The summed E-state index contributed by atoms with van der Waals surface area (Å²) in [7, 11) is 1.74. The zero-order valence-corrected chi connectivity index (χ0v) is 14.5. The van der Waals surface area contributed by atoms with Crippen LogP contribution in [-0.2, 0) is 6.42 Å². The van der Waals surface area contributed by atoms with E-state index in [0.717, 1.165) is 31.2 Å². The number of rotatable bonds is 10. The Morgan fingerprint density at radius 1 is 1.05 bits per heavy atom. The van der Waals surface area contributed by atoms with Crippen LogP contribution >= 0.6 is 0 Å². The molecule has 0 bridgehead atoms. The van der Waals surface area contributed by atoms with Crippen molar-refractivity contribution >= 4 is 0 Å². The van der Waals surface area contributed by atoms with Crippen molar-refractivity contribution in [2.45, 2.75) is 47.0 Å². The monoisotopic (exact) mass is 291 g/mol. The van der Waals surface area contributed by atoms with Crippen LogP contribution in [0.2, 0.25) is 0 Å². The lowest BCUT2D eigenvalue weighted by molar-refractivity contribution is 0.294. The molecule has 0 aliphatic rings. The molecule has 21 heavy (non-hydrogen) atoms. The van der Waals surface area contributed by atoms with Gasteiger partial charge in [0.1, 0.15) is 5.75 Å². The quantitative estimate of drug-likeness (QED) is 0.683. The van der Waals surface area contributed by atoms with E-state index in [-0.39, 0.29) is 0 Å². The van der Waals surface area contributed by atoms with Crippen LogP contribution in [0.1, 0.15) is 46.1 Å². The van der Waals surface area contributed by atoms with Crippen LogP contribution < -0.4 is 10.1 Å². The van der Waals surface area contributed by atoms with Crippen LogP contribution in [0.4, 0.5) is 0 Å². The maximum absolute atomic E-state index is 5.35. The zero-order valence-electron chi connectivity index (χ0n) is 14.5. The molecule has 0 amide bonds. The first-order valence-corrected chi connectivity index (χ1v) is 8.44. The molecular weight excluding hydrogens is 258 g/mol. The number of hydrogen-bond donors (Lipinski definition) is 1. The van der Waals surface area contributed by atoms with Gasteiger partial charge in [-0.2, -0.15) is 0 Å². The number of benzene rings is 1. The lowest BCUT2D eigenvalue weighted by Gasteiger charge is -2.26. The van der Waals surface area contributed by atoms with Gasteiger partial charge in [0.05, 0.1) is 7.11 Å². The van der Waals surface area contributed by atoms with Crippen LogP contribution in [0.15, 0.2) is 24.3 Å². The van der Waals surface area contributed by atoms with Gasteiger partial charge < -0.3 is 10.1 Å². The second kappa shape index (κ2) is 9.83. The smallest absolute Gasteiger partial charge is 0.119 e. The van der Waals surface area contributed by atoms with Gasteiger partial charge in [0.25, 0.3) is 0 Å². The summed E-state index contributed by atoms with van der Waals surface area (Å²) in [4.78, 5) is 0.